The van der Waals surface area contributed by atoms with Crippen LogP contribution in [0.3, 0.4) is 0 Å². The second kappa shape index (κ2) is 9.39. The number of carbonyl (C=O) groups is 1. The summed E-state index contributed by atoms with van der Waals surface area (Å²) < 4.78 is 5.54. The predicted octanol–water partition coefficient (Wildman–Crippen LogP) is 3.36. The van der Waals surface area contributed by atoms with E-state index in [0.717, 1.165) is 53.0 Å². The summed E-state index contributed by atoms with van der Waals surface area (Å²) in [6, 6.07) is 7.71. The van der Waals surface area contributed by atoms with Gasteiger partial charge in [0.15, 0.2) is 5.16 Å². The molecule has 7 heteroatoms. The summed E-state index contributed by atoms with van der Waals surface area (Å²) in [6.07, 6.45) is 2.25. The molecule has 0 spiro atoms. The van der Waals surface area contributed by atoms with Gasteiger partial charge >= 0.3 is 0 Å². The first-order valence-corrected chi connectivity index (χ1v) is 10.6. The van der Waals surface area contributed by atoms with Crippen LogP contribution in [0.25, 0.3) is 0 Å². The van der Waals surface area contributed by atoms with Gasteiger partial charge in [-0.1, -0.05) is 23.9 Å². The van der Waals surface area contributed by atoms with Gasteiger partial charge in [0.1, 0.15) is 5.82 Å². The largest absolute Gasteiger partial charge is 0.376 e. The fraction of sp³-hybridized carbons (Fsp3) is 0.476. The molecule has 150 valence electrons. The molecule has 1 amide bonds. The molecule has 6 nitrogen and oxygen atoms in total. The monoisotopic (exact) mass is 400 g/mol. The van der Waals surface area contributed by atoms with Gasteiger partial charge in [-0.15, -0.1) is 0 Å². The van der Waals surface area contributed by atoms with Crippen molar-refractivity contribution < 1.29 is 9.53 Å². The molecule has 28 heavy (non-hydrogen) atoms. The quantitative estimate of drug-likeness (QED) is 0.568. The van der Waals surface area contributed by atoms with Gasteiger partial charge < -0.3 is 15.0 Å². The van der Waals surface area contributed by atoms with Crippen LogP contribution in [0, 0.1) is 13.8 Å². The Morgan fingerprint density at radius 3 is 2.64 bits per heavy atom. The first-order valence-electron chi connectivity index (χ1n) is 9.58. The molecule has 1 fully saturated rings. The molecule has 3 rings (SSSR count). The van der Waals surface area contributed by atoms with Crippen LogP contribution in [0.5, 0.6) is 0 Å². The molecule has 0 aliphatic carbocycles. The molecule has 1 aliphatic heterocycles. The summed E-state index contributed by atoms with van der Waals surface area (Å²) in [5.74, 6) is 1.66. The topological polar surface area (TPSA) is 67.3 Å². The molecular formula is C21H28N4O2S. The SMILES string of the molecule is Cc1nc(SCc2ccc(C(=O)NC[C@@H]3CCCO3)cc2)nc(N(C)C)c1C. The Morgan fingerprint density at radius 2 is 2.00 bits per heavy atom. The fourth-order valence-corrected chi connectivity index (χ4v) is 3.94. The molecule has 1 aromatic carbocycles. The van der Waals surface area contributed by atoms with Crippen LogP contribution in [0.4, 0.5) is 5.82 Å². The van der Waals surface area contributed by atoms with Crippen LogP contribution in [0.1, 0.15) is 40.0 Å². The van der Waals surface area contributed by atoms with Crippen LogP contribution in [0.2, 0.25) is 0 Å². The minimum atomic E-state index is -0.0529. The lowest BCUT2D eigenvalue weighted by molar-refractivity contribution is 0.0858. The maximum absolute atomic E-state index is 12.3. The number of anilines is 1. The van der Waals surface area contributed by atoms with Crippen molar-refractivity contribution in [1.82, 2.24) is 15.3 Å². The third-order valence-electron chi connectivity index (χ3n) is 4.86. The van der Waals surface area contributed by atoms with Crippen LogP contribution >= 0.6 is 11.8 Å². The number of thioether (sulfide) groups is 1. The van der Waals surface area contributed by atoms with E-state index in [1.807, 2.05) is 57.1 Å². The third-order valence-corrected chi connectivity index (χ3v) is 5.78. The van der Waals surface area contributed by atoms with Gasteiger partial charge in [0, 0.05) is 49.8 Å². The zero-order valence-electron chi connectivity index (χ0n) is 17.0. The van der Waals surface area contributed by atoms with Gasteiger partial charge in [0.05, 0.1) is 6.10 Å². The molecule has 0 saturated carbocycles. The molecule has 1 atom stereocenters. The van der Waals surface area contributed by atoms with Crippen molar-refractivity contribution >= 4 is 23.5 Å². The number of amides is 1. The zero-order valence-corrected chi connectivity index (χ0v) is 17.8. The van der Waals surface area contributed by atoms with E-state index in [9.17, 15) is 4.79 Å². The number of ether oxygens (including phenoxy) is 1. The molecule has 1 aliphatic rings. The van der Waals surface area contributed by atoms with Crippen molar-refractivity contribution in [2.24, 2.45) is 0 Å². The molecule has 2 heterocycles. The molecule has 1 saturated heterocycles. The van der Waals surface area contributed by atoms with Crippen molar-refractivity contribution in [2.75, 3.05) is 32.1 Å². The summed E-state index contributed by atoms with van der Waals surface area (Å²) in [7, 11) is 3.98. The summed E-state index contributed by atoms with van der Waals surface area (Å²) in [6.45, 7) is 5.43. The van der Waals surface area contributed by atoms with E-state index in [0.29, 0.717) is 12.1 Å². The normalized spacial score (nSPS) is 16.2. The number of hydrogen-bond donors (Lipinski definition) is 1. The van der Waals surface area contributed by atoms with E-state index >= 15 is 0 Å². The standard InChI is InChI=1S/C21H28N4O2S/c1-14-15(2)23-21(24-19(14)25(3)4)28-13-16-7-9-17(10-8-16)20(26)22-12-18-6-5-11-27-18/h7-10,18H,5-6,11-13H2,1-4H3,(H,22,26)/t18-/m0/s1. The summed E-state index contributed by atoms with van der Waals surface area (Å²) >= 11 is 1.60. The Kier molecular flexibility index (Phi) is 6.91. The number of benzene rings is 1. The van der Waals surface area contributed by atoms with E-state index in [1.54, 1.807) is 11.8 Å². The second-order valence-electron chi connectivity index (χ2n) is 7.27. The van der Waals surface area contributed by atoms with E-state index in [-0.39, 0.29) is 12.0 Å². The maximum atomic E-state index is 12.3. The van der Waals surface area contributed by atoms with Gasteiger partial charge in [-0.05, 0) is 44.4 Å². The second-order valence-corrected chi connectivity index (χ2v) is 8.21. The minimum Gasteiger partial charge on any atom is -0.376 e. The van der Waals surface area contributed by atoms with E-state index < -0.39 is 0 Å². The number of aryl methyl sites for hydroxylation is 1. The first-order chi connectivity index (χ1) is 13.4. The van der Waals surface area contributed by atoms with Crippen LogP contribution < -0.4 is 10.2 Å². The van der Waals surface area contributed by atoms with Gasteiger partial charge in [-0.2, -0.15) is 0 Å². The van der Waals surface area contributed by atoms with Crippen LogP contribution in [-0.2, 0) is 10.5 Å². The van der Waals surface area contributed by atoms with Crippen LogP contribution in [0.15, 0.2) is 29.4 Å². The van der Waals surface area contributed by atoms with Crippen molar-refractivity contribution in [3.8, 4) is 0 Å². The smallest absolute Gasteiger partial charge is 0.251 e. The minimum absolute atomic E-state index is 0.0529. The predicted molar refractivity (Wildman–Crippen MR) is 113 cm³/mol. The lowest BCUT2D eigenvalue weighted by Crippen LogP contribution is -2.31. The Morgan fingerprint density at radius 1 is 1.25 bits per heavy atom. The van der Waals surface area contributed by atoms with Crippen LogP contribution in [-0.4, -0.2) is 49.2 Å². The average Bonchev–Trinajstić information content (AvgIpc) is 3.20. The van der Waals surface area contributed by atoms with Crippen molar-refractivity contribution in [3.63, 3.8) is 0 Å². The number of carbonyl (C=O) groups excluding carboxylic acids is 1. The summed E-state index contributed by atoms with van der Waals surface area (Å²) in [5, 5.41) is 3.72. The lowest BCUT2D eigenvalue weighted by atomic mass is 10.1. The molecule has 0 bridgehead atoms. The highest BCUT2D eigenvalue weighted by molar-refractivity contribution is 7.98. The highest BCUT2D eigenvalue weighted by Gasteiger charge is 2.16. The molecular weight excluding hydrogens is 372 g/mol. The molecule has 1 N–H and O–H groups in total. The molecule has 2 aromatic rings. The average molecular weight is 401 g/mol. The van der Waals surface area contributed by atoms with Gasteiger partial charge in [0.25, 0.3) is 5.91 Å². The number of hydrogen-bond acceptors (Lipinski definition) is 6. The number of aromatic nitrogens is 2. The number of nitrogens with one attached hydrogen (secondary N) is 1. The number of rotatable bonds is 7. The molecule has 1 aromatic heterocycles. The Labute approximate surface area is 171 Å². The third kappa shape index (κ3) is 5.23. The van der Waals surface area contributed by atoms with E-state index in [4.69, 9.17) is 4.74 Å². The number of nitrogens with zero attached hydrogens (tertiary/aromatic N) is 3. The van der Waals surface area contributed by atoms with Gasteiger partial charge in [-0.3, -0.25) is 4.79 Å². The van der Waals surface area contributed by atoms with E-state index in [1.165, 1.54) is 0 Å². The van der Waals surface area contributed by atoms with E-state index in [2.05, 4.69) is 15.3 Å². The van der Waals surface area contributed by atoms with Gasteiger partial charge in [0.2, 0.25) is 0 Å². The molecule has 0 unspecified atom stereocenters. The van der Waals surface area contributed by atoms with Crippen molar-refractivity contribution in [3.05, 3.63) is 46.6 Å². The van der Waals surface area contributed by atoms with Crippen molar-refractivity contribution in [2.45, 2.75) is 43.7 Å². The lowest BCUT2D eigenvalue weighted by Gasteiger charge is -2.16. The summed E-state index contributed by atoms with van der Waals surface area (Å²) in [4.78, 5) is 23.5. The van der Waals surface area contributed by atoms with Crippen molar-refractivity contribution in [1.29, 1.82) is 0 Å². The maximum Gasteiger partial charge on any atom is 0.251 e. The fourth-order valence-electron chi connectivity index (χ4n) is 3.10. The van der Waals surface area contributed by atoms with Gasteiger partial charge in [-0.25, -0.2) is 9.97 Å². The Balaban J connectivity index is 1.56. The Bertz CT molecular complexity index is 818. The first kappa shape index (κ1) is 20.6. The Hall–Kier alpha value is -2.12. The highest BCUT2D eigenvalue weighted by atomic mass is 32.2. The highest BCUT2D eigenvalue weighted by Crippen LogP contribution is 2.25. The zero-order chi connectivity index (χ0) is 20.1. The summed E-state index contributed by atoms with van der Waals surface area (Å²) in [5.41, 5.74) is 3.91. The molecule has 0 radical (unpaired) electrons.